The van der Waals surface area contributed by atoms with Crippen LogP contribution in [0.3, 0.4) is 0 Å². The number of nitrogens with zero attached hydrogens (tertiary/aromatic N) is 2. The molecule has 1 amide bonds. The fourth-order valence-corrected chi connectivity index (χ4v) is 3.22. The minimum Gasteiger partial charge on any atom is -0.478 e. The number of aromatic carboxylic acids is 1. The Hall–Kier alpha value is -3.03. The average molecular weight is 414 g/mol. The highest BCUT2D eigenvalue weighted by Crippen LogP contribution is 2.20. The molecule has 2 N–H and O–H groups in total. The van der Waals surface area contributed by atoms with Crippen LogP contribution in [0.1, 0.15) is 16.1 Å². The van der Waals surface area contributed by atoms with Crippen molar-refractivity contribution in [1.82, 2.24) is 9.99 Å². The SMILES string of the molecule is O=C(CSc1ccc(Cl)cc1)N/N=C\c1cccn1-c1cccc(C(=O)O)c1. The molecule has 0 aliphatic carbocycles. The lowest BCUT2D eigenvalue weighted by Crippen LogP contribution is -2.19. The topological polar surface area (TPSA) is 83.7 Å². The zero-order chi connectivity index (χ0) is 19.9. The predicted octanol–water partition coefficient (Wildman–Crippen LogP) is 4.07. The van der Waals surface area contributed by atoms with Crippen LogP contribution in [0.5, 0.6) is 0 Å². The highest BCUT2D eigenvalue weighted by atomic mass is 35.5. The summed E-state index contributed by atoms with van der Waals surface area (Å²) < 4.78 is 1.78. The number of hydrogen-bond acceptors (Lipinski definition) is 4. The average Bonchev–Trinajstić information content (AvgIpc) is 3.16. The Morgan fingerprint density at radius 1 is 1.14 bits per heavy atom. The number of nitrogens with one attached hydrogen (secondary N) is 1. The number of carboxylic acid groups (broad SMARTS) is 1. The molecular weight excluding hydrogens is 398 g/mol. The summed E-state index contributed by atoms with van der Waals surface area (Å²) in [5, 5.41) is 13.8. The molecule has 0 atom stereocenters. The van der Waals surface area contributed by atoms with Crippen molar-refractivity contribution in [2.24, 2.45) is 5.10 Å². The molecule has 2 aromatic carbocycles. The quantitative estimate of drug-likeness (QED) is 0.347. The Labute approximate surface area is 170 Å². The molecule has 1 heterocycles. The van der Waals surface area contributed by atoms with Crippen molar-refractivity contribution in [2.75, 3.05) is 5.75 Å². The third-order valence-electron chi connectivity index (χ3n) is 3.72. The summed E-state index contributed by atoms with van der Waals surface area (Å²) in [5.41, 5.74) is 4.08. The van der Waals surface area contributed by atoms with Gasteiger partial charge in [0.15, 0.2) is 0 Å². The first kappa shape index (κ1) is 19.7. The van der Waals surface area contributed by atoms with E-state index in [1.165, 1.54) is 24.0 Å². The lowest BCUT2D eigenvalue weighted by molar-refractivity contribution is -0.118. The molecule has 0 unspecified atom stereocenters. The van der Waals surface area contributed by atoms with E-state index in [1.54, 1.807) is 41.1 Å². The molecule has 0 radical (unpaired) electrons. The molecule has 0 aliphatic heterocycles. The second-order valence-electron chi connectivity index (χ2n) is 5.69. The Balaban J connectivity index is 1.60. The standard InChI is InChI=1S/C20H16ClN3O3S/c21-15-6-8-18(9-7-15)28-13-19(25)23-22-12-17-5-2-10-24(17)16-4-1-3-14(11-16)20(26)27/h1-12H,13H2,(H,23,25)(H,26,27)/b22-12-. The van der Waals surface area contributed by atoms with Crippen LogP contribution in [0, 0.1) is 0 Å². The van der Waals surface area contributed by atoms with Crippen LogP contribution in [-0.2, 0) is 4.79 Å². The number of halogens is 1. The van der Waals surface area contributed by atoms with Gasteiger partial charge in [-0.25, -0.2) is 10.2 Å². The van der Waals surface area contributed by atoms with Gasteiger partial charge in [-0.1, -0.05) is 17.7 Å². The summed E-state index contributed by atoms with van der Waals surface area (Å²) >= 11 is 7.22. The molecule has 0 aliphatic rings. The fourth-order valence-electron chi connectivity index (χ4n) is 2.41. The van der Waals surface area contributed by atoms with E-state index in [0.29, 0.717) is 16.4 Å². The number of aromatic nitrogens is 1. The van der Waals surface area contributed by atoms with Crippen LogP contribution in [0.2, 0.25) is 5.02 Å². The van der Waals surface area contributed by atoms with Gasteiger partial charge in [0.2, 0.25) is 5.91 Å². The first-order valence-corrected chi connectivity index (χ1v) is 9.60. The van der Waals surface area contributed by atoms with Crippen molar-refractivity contribution in [3.63, 3.8) is 0 Å². The Morgan fingerprint density at radius 3 is 2.68 bits per heavy atom. The second-order valence-corrected chi connectivity index (χ2v) is 7.18. The maximum atomic E-state index is 11.9. The van der Waals surface area contributed by atoms with Gasteiger partial charge in [0.05, 0.1) is 23.2 Å². The predicted molar refractivity (Wildman–Crippen MR) is 111 cm³/mol. The van der Waals surface area contributed by atoms with Crippen molar-refractivity contribution in [1.29, 1.82) is 0 Å². The van der Waals surface area contributed by atoms with E-state index < -0.39 is 5.97 Å². The molecule has 8 heteroatoms. The third kappa shape index (κ3) is 5.25. The minimum atomic E-state index is -0.991. The van der Waals surface area contributed by atoms with Crippen molar-refractivity contribution in [2.45, 2.75) is 4.90 Å². The molecular formula is C20H16ClN3O3S. The molecule has 0 saturated carbocycles. The molecule has 0 saturated heterocycles. The van der Waals surface area contributed by atoms with Crippen LogP contribution in [0.4, 0.5) is 0 Å². The summed E-state index contributed by atoms with van der Waals surface area (Å²) in [6.45, 7) is 0. The lowest BCUT2D eigenvalue weighted by Gasteiger charge is -2.07. The van der Waals surface area contributed by atoms with Gasteiger partial charge in [0.1, 0.15) is 0 Å². The van der Waals surface area contributed by atoms with E-state index in [-0.39, 0.29) is 17.2 Å². The van der Waals surface area contributed by atoms with Crippen molar-refractivity contribution < 1.29 is 14.7 Å². The molecule has 0 bridgehead atoms. The number of amides is 1. The normalized spacial score (nSPS) is 10.9. The maximum Gasteiger partial charge on any atom is 0.335 e. The van der Waals surface area contributed by atoms with Gasteiger partial charge >= 0.3 is 5.97 Å². The molecule has 0 spiro atoms. The summed E-state index contributed by atoms with van der Waals surface area (Å²) in [6.07, 6.45) is 3.30. The molecule has 28 heavy (non-hydrogen) atoms. The summed E-state index contributed by atoms with van der Waals surface area (Å²) in [4.78, 5) is 24.0. The van der Waals surface area contributed by atoms with Gasteiger partial charge in [-0.3, -0.25) is 4.79 Å². The number of carbonyl (C=O) groups excluding carboxylic acids is 1. The smallest absolute Gasteiger partial charge is 0.335 e. The fraction of sp³-hybridized carbons (Fsp3) is 0.0500. The van der Waals surface area contributed by atoms with E-state index >= 15 is 0 Å². The number of rotatable bonds is 7. The first-order valence-electron chi connectivity index (χ1n) is 8.24. The number of carbonyl (C=O) groups is 2. The molecule has 0 fully saturated rings. The summed E-state index contributed by atoms with van der Waals surface area (Å²) in [7, 11) is 0. The number of hydrogen-bond donors (Lipinski definition) is 2. The Bertz CT molecular complexity index is 1020. The van der Waals surface area contributed by atoms with Gasteiger partial charge in [-0.2, -0.15) is 5.10 Å². The first-order chi connectivity index (χ1) is 13.5. The third-order valence-corrected chi connectivity index (χ3v) is 4.99. The molecule has 6 nitrogen and oxygen atoms in total. The molecule has 3 rings (SSSR count). The van der Waals surface area contributed by atoms with Crippen LogP contribution >= 0.6 is 23.4 Å². The van der Waals surface area contributed by atoms with Crippen LogP contribution < -0.4 is 5.43 Å². The van der Waals surface area contributed by atoms with E-state index in [0.717, 1.165) is 4.90 Å². The van der Waals surface area contributed by atoms with Crippen molar-refractivity contribution >= 4 is 41.5 Å². The number of benzene rings is 2. The number of hydrazone groups is 1. The van der Waals surface area contributed by atoms with E-state index in [9.17, 15) is 9.59 Å². The van der Waals surface area contributed by atoms with Gasteiger partial charge < -0.3 is 9.67 Å². The molecule has 3 aromatic rings. The Morgan fingerprint density at radius 2 is 1.93 bits per heavy atom. The largest absolute Gasteiger partial charge is 0.478 e. The van der Waals surface area contributed by atoms with Crippen molar-refractivity contribution in [3.05, 3.63) is 83.1 Å². The molecule has 1 aromatic heterocycles. The van der Waals surface area contributed by atoms with Crippen LogP contribution in [-0.4, -0.2) is 33.5 Å². The minimum absolute atomic E-state index is 0.196. The highest BCUT2D eigenvalue weighted by molar-refractivity contribution is 8.00. The Kier molecular flexibility index (Phi) is 6.52. The van der Waals surface area contributed by atoms with Gasteiger partial charge in [0.25, 0.3) is 0 Å². The monoisotopic (exact) mass is 413 g/mol. The van der Waals surface area contributed by atoms with Crippen LogP contribution in [0.15, 0.2) is 76.9 Å². The number of carboxylic acids is 1. The highest BCUT2D eigenvalue weighted by Gasteiger charge is 2.07. The van der Waals surface area contributed by atoms with E-state index in [2.05, 4.69) is 10.5 Å². The number of thioether (sulfide) groups is 1. The maximum absolute atomic E-state index is 11.9. The zero-order valence-electron chi connectivity index (χ0n) is 14.6. The van der Waals surface area contributed by atoms with Crippen LogP contribution in [0.25, 0.3) is 5.69 Å². The summed E-state index contributed by atoms with van der Waals surface area (Å²) in [5.74, 6) is -1.00. The zero-order valence-corrected chi connectivity index (χ0v) is 16.2. The molecule has 142 valence electrons. The van der Waals surface area contributed by atoms with E-state index in [4.69, 9.17) is 16.7 Å². The summed E-state index contributed by atoms with van der Waals surface area (Å²) in [6, 6.07) is 17.4. The van der Waals surface area contributed by atoms with Gasteiger partial charge in [-0.15, -0.1) is 11.8 Å². The van der Waals surface area contributed by atoms with Gasteiger partial charge in [0, 0.05) is 21.8 Å². The lowest BCUT2D eigenvalue weighted by atomic mass is 10.2. The van der Waals surface area contributed by atoms with E-state index in [1.807, 2.05) is 24.3 Å². The van der Waals surface area contributed by atoms with Gasteiger partial charge in [-0.05, 0) is 54.6 Å². The second kappa shape index (κ2) is 9.25. The van der Waals surface area contributed by atoms with Crippen molar-refractivity contribution in [3.8, 4) is 5.69 Å².